The van der Waals surface area contributed by atoms with E-state index in [4.69, 9.17) is 11.6 Å². The summed E-state index contributed by atoms with van der Waals surface area (Å²) in [6, 6.07) is 8.72. The fourth-order valence-corrected chi connectivity index (χ4v) is 2.50. The molecule has 0 aromatic heterocycles. The quantitative estimate of drug-likeness (QED) is 0.697. The maximum Gasteiger partial charge on any atom is 0.0501 e. The molecule has 1 heterocycles. The van der Waals surface area contributed by atoms with Gasteiger partial charge >= 0.3 is 0 Å². The minimum Gasteiger partial charge on any atom is -0.297 e. The Hall–Kier alpha value is -0.530. The van der Waals surface area contributed by atoms with E-state index in [1.54, 1.807) is 0 Å². The lowest BCUT2D eigenvalue weighted by atomic mass is 10.1. The van der Waals surface area contributed by atoms with E-state index in [1.807, 2.05) is 0 Å². The summed E-state index contributed by atoms with van der Waals surface area (Å²) in [7, 11) is 0. The van der Waals surface area contributed by atoms with Crippen LogP contribution in [0.15, 0.2) is 24.3 Å². The van der Waals surface area contributed by atoms with Crippen molar-refractivity contribution >= 4 is 11.6 Å². The molecule has 1 fully saturated rings. The Morgan fingerprint density at radius 3 is 2.80 bits per heavy atom. The normalized spacial score (nSPS) is 27.1. The van der Waals surface area contributed by atoms with Crippen LogP contribution in [-0.2, 0) is 6.54 Å². The average Bonchev–Trinajstić information content (AvgIpc) is 2.45. The molecular weight excluding hydrogens is 206 g/mol. The third-order valence-electron chi connectivity index (χ3n) is 3.08. The minimum atomic E-state index is 0.329. The van der Waals surface area contributed by atoms with Gasteiger partial charge in [-0.25, -0.2) is 0 Å². The first-order chi connectivity index (χ1) is 7.15. The molecule has 1 aliphatic heterocycles. The average molecular weight is 224 g/mol. The van der Waals surface area contributed by atoms with Crippen LogP contribution in [0.2, 0.25) is 0 Å². The Bertz CT molecular complexity index is 327. The number of aryl methyl sites for hydroxylation is 1. The van der Waals surface area contributed by atoms with Crippen LogP contribution in [-0.4, -0.2) is 23.4 Å². The summed E-state index contributed by atoms with van der Waals surface area (Å²) in [5.74, 6) is 0.622. The van der Waals surface area contributed by atoms with E-state index in [-0.39, 0.29) is 0 Å². The van der Waals surface area contributed by atoms with Crippen LogP contribution in [0.5, 0.6) is 0 Å². The van der Waals surface area contributed by atoms with Crippen LogP contribution in [0.1, 0.15) is 18.1 Å². The van der Waals surface area contributed by atoms with Crippen LogP contribution in [0.3, 0.4) is 0 Å². The number of hydrogen-bond donors (Lipinski definition) is 0. The predicted molar refractivity (Wildman–Crippen MR) is 65.3 cm³/mol. The van der Waals surface area contributed by atoms with Crippen molar-refractivity contribution < 1.29 is 0 Å². The van der Waals surface area contributed by atoms with Crippen molar-refractivity contribution in [3.63, 3.8) is 0 Å². The van der Waals surface area contributed by atoms with Crippen molar-refractivity contribution in [3.8, 4) is 0 Å². The van der Waals surface area contributed by atoms with E-state index in [2.05, 4.69) is 43.0 Å². The van der Waals surface area contributed by atoms with Crippen molar-refractivity contribution in [1.82, 2.24) is 4.90 Å². The molecule has 2 atom stereocenters. The van der Waals surface area contributed by atoms with Gasteiger partial charge < -0.3 is 0 Å². The van der Waals surface area contributed by atoms with Gasteiger partial charge in [-0.3, -0.25) is 4.90 Å². The van der Waals surface area contributed by atoms with Crippen molar-refractivity contribution in [1.29, 1.82) is 0 Å². The van der Waals surface area contributed by atoms with Gasteiger partial charge in [0.2, 0.25) is 0 Å². The zero-order valence-corrected chi connectivity index (χ0v) is 10.2. The van der Waals surface area contributed by atoms with Crippen molar-refractivity contribution in [2.45, 2.75) is 25.8 Å². The van der Waals surface area contributed by atoms with Gasteiger partial charge in [-0.05, 0) is 18.4 Å². The number of benzene rings is 1. The Balaban J connectivity index is 1.98. The molecule has 2 rings (SSSR count). The number of likely N-dealkylation sites (tertiary alicyclic amines) is 1. The molecule has 2 heteroatoms. The van der Waals surface area contributed by atoms with E-state index in [1.165, 1.54) is 11.1 Å². The number of hydrogen-bond acceptors (Lipinski definition) is 1. The number of rotatable bonds is 2. The molecule has 0 amide bonds. The first-order valence-electron chi connectivity index (χ1n) is 5.57. The largest absolute Gasteiger partial charge is 0.297 e. The molecule has 1 nitrogen and oxygen atoms in total. The lowest BCUT2D eigenvalue weighted by Crippen LogP contribution is -2.20. The van der Waals surface area contributed by atoms with Gasteiger partial charge in [0.25, 0.3) is 0 Å². The summed E-state index contributed by atoms with van der Waals surface area (Å²) in [4.78, 5) is 2.44. The third kappa shape index (κ3) is 2.73. The molecule has 0 aliphatic carbocycles. The van der Waals surface area contributed by atoms with E-state index >= 15 is 0 Å². The SMILES string of the molecule is Cc1cccc(CN2CC(C)C(Cl)C2)c1. The monoisotopic (exact) mass is 223 g/mol. The van der Waals surface area contributed by atoms with E-state index in [9.17, 15) is 0 Å². The fraction of sp³-hybridized carbons (Fsp3) is 0.538. The third-order valence-corrected chi connectivity index (χ3v) is 3.65. The van der Waals surface area contributed by atoms with Gasteiger partial charge in [-0.2, -0.15) is 0 Å². The van der Waals surface area contributed by atoms with Crippen LogP contribution >= 0.6 is 11.6 Å². The lowest BCUT2D eigenvalue weighted by Gasteiger charge is -2.15. The second-order valence-electron chi connectivity index (χ2n) is 4.68. The molecule has 1 aromatic carbocycles. The molecule has 0 spiro atoms. The second kappa shape index (κ2) is 4.54. The molecule has 82 valence electrons. The predicted octanol–water partition coefficient (Wildman–Crippen LogP) is 3.05. The summed E-state index contributed by atoms with van der Waals surface area (Å²) in [6.45, 7) is 7.56. The Morgan fingerprint density at radius 2 is 2.20 bits per heavy atom. The molecule has 1 aromatic rings. The van der Waals surface area contributed by atoms with Gasteiger partial charge in [0.15, 0.2) is 0 Å². The van der Waals surface area contributed by atoms with Crippen LogP contribution < -0.4 is 0 Å². The maximum atomic E-state index is 6.21. The maximum absolute atomic E-state index is 6.21. The minimum absolute atomic E-state index is 0.329. The molecule has 0 radical (unpaired) electrons. The standard InChI is InChI=1S/C13H18ClN/c1-10-4-3-5-12(6-10)8-15-7-11(2)13(14)9-15/h3-6,11,13H,7-9H2,1-2H3. The highest BCUT2D eigenvalue weighted by molar-refractivity contribution is 6.21. The highest BCUT2D eigenvalue weighted by Crippen LogP contribution is 2.23. The summed E-state index contributed by atoms with van der Waals surface area (Å²) in [5.41, 5.74) is 2.73. The highest BCUT2D eigenvalue weighted by atomic mass is 35.5. The topological polar surface area (TPSA) is 3.24 Å². The second-order valence-corrected chi connectivity index (χ2v) is 5.24. The van der Waals surface area contributed by atoms with Gasteiger partial charge in [-0.15, -0.1) is 11.6 Å². The van der Waals surface area contributed by atoms with Gasteiger partial charge in [0, 0.05) is 19.6 Å². The smallest absolute Gasteiger partial charge is 0.0501 e. The first kappa shape index (κ1) is 11.0. The van der Waals surface area contributed by atoms with E-state index in [0.29, 0.717) is 11.3 Å². The molecule has 1 aliphatic rings. The van der Waals surface area contributed by atoms with Crippen LogP contribution in [0.4, 0.5) is 0 Å². The van der Waals surface area contributed by atoms with E-state index in [0.717, 1.165) is 19.6 Å². The Morgan fingerprint density at radius 1 is 1.40 bits per heavy atom. The van der Waals surface area contributed by atoms with Gasteiger partial charge in [-0.1, -0.05) is 36.8 Å². The van der Waals surface area contributed by atoms with E-state index < -0.39 is 0 Å². The summed E-state index contributed by atoms with van der Waals surface area (Å²) >= 11 is 6.21. The van der Waals surface area contributed by atoms with Gasteiger partial charge in [0.05, 0.1) is 5.38 Å². The zero-order chi connectivity index (χ0) is 10.8. The van der Waals surface area contributed by atoms with Crippen molar-refractivity contribution in [2.75, 3.05) is 13.1 Å². The fourth-order valence-electron chi connectivity index (χ4n) is 2.22. The van der Waals surface area contributed by atoms with Gasteiger partial charge in [0.1, 0.15) is 0 Å². The number of halogens is 1. The summed E-state index contributed by atoms with van der Waals surface area (Å²) in [5, 5.41) is 0.329. The summed E-state index contributed by atoms with van der Waals surface area (Å²) in [6.07, 6.45) is 0. The zero-order valence-electron chi connectivity index (χ0n) is 9.41. The highest BCUT2D eigenvalue weighted by Gasteiger charge is 2.27. The number of alkyl halides is 1. The molecule has 2 unspecified atom stereocenters. The molecule has 15 heavy (non-hydrogen) atoms. The lowest BCUT2D eigenvalue weighted by molar-refractivity contribution is 0.320. The molecule has 0 N–H and O–H groups in total. The van der Waals surface area contributed by atoms with Crippen LogP contribution in [0, 0.1) is 12.8 Å². The molecule has 1 saturated heterocycles. The molecule has 0 bridgehead atoms. The van der Waals surface area contributed by atoms with Crippen molar-refractivity contribution in [2.24, 2.45) is 5.92 Å². The first-order valence-corrected chi connectivity index (χ1v) is 6.01. The molecular formula is C13H18ClN. The Labute approximate surface area is 97.0 Å². The Kier molecular flexibility index (Phi) is 3.32. The number of nitrogens with zero attached hydrogens (tertiary/aromatic N) is 1. The molecule has 0 saturated carbocycles. The van der Waals surface area contributed by atoms with Crippen LogP contribution in [0.25, 0.3) is 0 Å². The summed E-state index contributed by atoms with van der Waals surface area (Å²) < 4.78 is 0. The van der Waals surface area contributed by atoms with Crippen molar-refractivity contribution in [3.05, 3.63) is 35.4 Å².